The second-order valence-electron chi connectivity index (χ2n) is 4.20. The molecule has 0 fully saturated rings. The molecule has 0 saturated heterocycles. The molecule has 2 aromatic rings. The molecule has 0 spiro atoms. The van der Waals surface area contributed by atoms with Crippen LogP contribution in [-0.2, 0) is 51.1 Å². The van der Waals surface area contributed by atoms with Crippen LogP contribution in [0.4, 0.5) is 5.82 Å². The Morgan fingerprint density at radius 3 is 2.45 bits per heavy atom. The Morgan fingerprint density at radius 1 is 1.32 bits per heavy atom. The average molecular weight is 389 g/mol. The third-order valence-corrected chi connectivity index (χ3v) is 2.75. The van der Waals surface area contributed by atoms with Gasteiger partial charge in [0.25, 0.3) is 0 Å². The van der Waals surface area contributed by atoms with Crippen LogP contribution >= 0.6 is 0 Å². The Balaban J connectivity index is 0.000000529. The summed E-state index contributed by atoms with van der Waals surface area (Å²) < 4.78 is 0. The van der Waals surface area contributed by atoms with E-state index in [1.54, 1.807) is 6.20 Å². The van der Waals surface area contributed by atoms with Crippen molar-refractivity contribution in [3.63, 3.8) is 0 Å². The van der Waals surface area contributed by atoms with Crippen LogP contribution in [0, 0.1) is 13.0 Å². The molecular formula is C16H20N4SY-2. The van der Waals surface area contributed by atoms with Crippen molar-refractivity contribution in [1.82, 2.24) is 9.97 Å². The zero-order valence-electron chi connectivity index (χ0n) is 13.2. The van der Waals surface area contributed by atoms with Crippen molar-refractivity contribution < 1.29 is 32.7 Å². The van der Waals surface area contributed by atoms with Gasteiger partial charge in [-0.3, -0.25) is 4.99 Å². The molecule has 0 aliphatic carbocycles. The SMILES string of the molecule is CCN=C(C)Nc1nc(C)ncc1C[S-].[Y].[c-]1ccccc1. The van der Waals surface area contributed by atoms with E-state index in [1.165, 1.54) is 0 Å². The van der Waals surface area contributed by atoms with Crippen LogP contribution in [0.15, 0.2) is 41.5 Å². The summed E-state index contributed by atoms with van der Waals surface area (Å²) in [4.78, 5) is 12.6. The van der Waals surface area contributed by atoms with Crippen LogP contribution < -0.4 is 5.32 Å². The second-order valence-corrected chi connectivity index (χ2v) is 4.49. The summed E-state index contributed by atoms with van der Waals surface area (Å²) >= 11 is 5.01. The fourth-order valence-electron chi connectivity index (χ4n) is 1.50. The molecule has 1 heterocycles. The number of hydrogen-bond donors (Lipinski definition) is 1. The summed E-state index contributed by atoms with van der Waals surface area (Å²) in [5.74, 6) is 2.85. The summed E-state index contributed by atoms with van der Waals surface area (Å²) in [6.07, 6.45) is 1.76. The first-order chi connectivity index (χ1) is 10.2. The molecule has 0 bridgehead atoms. The topological polar surface area (TPSA) is 50.2 Å². The van der Waals surface area contributed by atoms with Gasteiger partial charge in [-0.15, -0.1) is 5.75 Å². The minimum atomic E-state index is 0. The zero-order chi connectivity index (χ0) is 15.5. The van der Waals surface area contributed by atoms with E-state index in [-0.39, 0.29) is 32.7 Å². The number of anilines is 1. The van der Waals surface area contributed by atoms with Crippen LogP contribution in [0.3, 0.4) is 0 Å². The smallest absolute Gasteiger partial charge is 0.136 e. The number of amidine groups is 1. The maximum Gasteiger partial charge on any atom is 0.136 e. The maximum atomic E-state index is 5.01. The predicted octanol–water partition coefficient (Wildman–Crippen LogP) is 3.17. The summed E-state index contributed by atoms with van der Waals surface area (Å²) in [6, 6.07) is 12.5. The van der Waals surface area contributed by atoms with Crippen LogP contribution in [0.25, 0.3) is 0 Å². The van der Waals surface area contributed by atoms with Gasteiger partial charge >= 0.3 is 0 Å². The average Bonchev–Trinajstić information content (AvgIpc) is 2.50. The van der Waals surface area contributed by atoms with Crippen molar-refractivity contribution in [3.05, 3.63) is 54.0 Å². The van der Waals surface area contributed by atoms with Crippen molar-refractivity contribution in [2.45, 2.75) is 26.5 Å². The number of aromatic nitrogens is 2. The molecular weight excluding hydrogens is 369 g/mol. The molecule has 6 heteroatoms. The summed E-state index contributed by atoms with van der Waals surface area (Å²) in [6.45, 7) is 6.51. The van der Waals surface area contributed by atoms with Crippen molar-refractivity contribution in [2.75, 3.05) is 11.9 Å². The summed E-state index contributed by atoms with van der Waals surface area (Å²) in [7, 11) is 0. The molecule has 115 valence electrons. The Bertz CT molecular complexity index is 535. The van der Waals surface area contributed by atoms with E-state index >= 15 is 0 Å². The first-order valence-electron chi connectivity index (χ1n) is 6.77. The molecule has 4 nitrogen and oxygen atoms in total. The van der Waals surface area contributed by atoms with E-state index in [4.69, 9.17) is 12.6 Å². The molecule has 0 aliphatic rings. The van der Waals surface area contributed by atoms with Crippen LogP contribution in [0.5, 0.6) is 0 Å². The fraction of sp³-hybridized carbons (Fsp3) is 0.312. The minimum absolute atomic E-state index is 0. The van der Waals surface area contributed by atoms with E-state index in [1.807, 2.05) is 51.1 Å². The van der Waals surface area contributed by atoms with Gasteiger partial charge in [-0.1, -0.05) is 0 Å². The molecule has 1 aromatic heterocycles. The number of benzene rings is 1. The third-order valence-electron chi connectivity index (χ3n) is 2.44. The number of aryl methyl sites for hydroxylation is 1. The minimum Gasteiger partial charge on any atom is -0.788 e. The monoisotopic (exact) mass is 389 g/mol. The van der Waals surface area contributed by atoms with Gasteiger partial charge in [0.05, 0.1) is 5.84 Å². The number of hydrogen-bond acceptors (Lipinski definition) is 4. The number of rotatable bonds is 3. The molecule has 0 atom stereocenters. The molecule has 0 saturated carbocycles. The Hall–Kier alpha value is -0.776. The van der Waals surface area contributed by atoms with Gasteiger partial charge in [0, 0.05) is 45.5 Å². The molecule has 0 amide bonds. The molecule has 1 aromatic carbocycles. The summed E-state index contributed by atoms with van der Waals surface area (Å²) in [5, 5.41) is 3.14. The molecule has 1 radical (unpaired) electrons. The van der Waals surface area contributed by atoms with Crippen LogP contribution in [0.1, 0.15) is 25.2 Å². The largest absolute Gasteiger partial charge is 0.788 e. The molecule has 0 aliphatic heterocycles. The predicted molar refractivity (Wildman–Crippen MR) is 90.4 cm³/mol. The van der Waals surface area contributed by atoms with E-state index in [9.17, 15) is 0 Å². The second kappa shape index (κ2) is 12.7. The van der Waals surface area contributed by atoms with Gasteiger partial charge in [0.15, 0.2) is 0 Å². The first kappa shape index (κ1) is 21.2. The van der Waals surface area contributed by atoms with Gasteiger partial charge in [-0.2, -0.15) is 36.4 Å². The van der Waals surface area contributed by atoms with Crippen molar-refractivity contribution in [2.24, 2.45) is 4.99 Å². The quantitative estimate of drug-likeness (QED) is 0.379. The van der Waals surface area contributed by atoms with E-state index in [0.29, 0.717) is 5.75 Å². The Morgan fingerprint density at radius 2 is 2.00 bits per heavy atom. The van der Waals surface area contributed by atoms with Gasteiger partial charge < -0.3 is 17.9 Å². The van der Waals surface area contributed by atoms with Crippen molar-refractivity contribution >= 4 is 24.3 Å². The molecule has 1 N–H and O–H groups in total. The van der Waals surface area contributed by atoms with Gasteiger partial charge in [-0.25, -0.2) is 9.97 Å². The molecule has 2 rings (SSSR count). The van der Waals surface area contributed by atoms with Gasteiger partial charge in [-0.05, 0) is 26.3 Å². The fourth-order valence-corrected chi connectivity index (χ4v) is 1.71. The van der Waals surface area contributed by atoms with E-state index in [0.717, 1.165) is 29.6 Å². The van der Waals surface area contributed by atoms with Crippen molar-refractivity contribution in [1.29, 1.82) is 0 Å². The van der Waals surface area contributed by atoms with Crippen LogP contribution in [-0.4, -0.2) is 22.3 Å². The van der Waals surface area contributed by atoms with Gasteiger partial charge in [0.2, 0.25) is 0 Å². The van der Waals surface area contributed by atoms with E-state index < -0.39 is 0 Å². The van der Waals surface area contributed by atoms with E-state index in [2.05, 4.69) is 26.3 Å². The number of nitrogens with one attached hydrogen (secondary N) is 1. The van der Waals surface area contributed by atoms with Gasteiger partial charge in [0.1, 0.15) is 11.6 Å². The summed E-state index contributed by atoms with van der Waals surface area (Å²) in [5.41, 5.74) is 0.932. The molecule has 0 unspecified atom stereocenters. The van der Waals surface area contributed by atoms with Crippen molar-refractivity contribution in [3.8, 4) is 0 Å². The normalized spacial score (nSPS) is 10.1. The third kappa shape index (κ3) is 8.61. The Labute approximate surface area is 163 Å². The standard InChI is InChI=1S/C10H16N4S.C6H5.Y/c1-4-11-7(2)13-10-9(6-15)5-12-8(3)14-10;1-2-4-6-5-3-1;/h5,15H,4,6H2,1-3H3,(H,11,12,13,14);1-5H;/q;-1;/p-1. The Kier molecular flexibility index (Phi) is 12.3. The number of aliphatic imine (C=N–C) groups is 1. The molecule has 22 heavy (non-hydrogen) atoms. The maximum absolute atomic E-state index is 5.01. The zero-order valence-corrected chi connectivity index (χ0v) is 16.9. The number of nitrogens with zero attached hydrogens (tertiary/aromatic N) is 3. The first-order valence-corrected chi connectivity index (χ1v) is 7.34. The van der Waals surface area contributed by atoms with Crippen LogP contribution in [0.2, 0.25) is 0 Å².